The molecule has 9 heteroatoms. The summed E-state index contributed by atoms with van der Waals surface area (Å²) in [4.78, 5) is 16.7. The van der Waals surface area contributed by atoms with Crippen LogP contribution in [-0.4, -0.2) is 20.5 Å². The van der Waals surface area contributed by atoms with Gasteiger partial charge in [0.15, 0.2) is 5.65 Å². The molecule has 4 rings (SSSR count). The third-order valence-corrected chi connectivity index (χ3v) is 4.79. The number of carbonyl (C=O) groups excluding carboxylic acids is 1. The average Bonchev–Trinajstić information content (AvgIpc) is 3.09. The fourth-order valence-corrected chi connectivity index (χ4v) is 3.24. The topological polar surface area (TPSA) is 59.3 Å². The van der Waals surface area contributed by atoms with Gasteiger partial charge in [-0.25, -0.2) is 9.50 Å². The van der Waals surface area contributed by atoms with Crippen LogP contribution in [-0.2, 0) is 6.18 Å². The van der Waals surface area contributed by atoms with Crippen molar-refractivity contribution in [3.63, 3.8) is 0 Å². The molecule has 0 atom stereocenters. The van der Waals surface area contributed by atoms with Crippen LogP contribution >= 0.6 is 15.9 Å². The first kappa shape index (κ1) is 19.1. The molecule has 5 nitrogen and oxygen atoms in total. The first-order valence-electron chi connectivity index (χ1n) is 8.40. The van der Waals surface area contributed by atoms with Crippen molar-refractivity contribution in [1.82, 2.24) is 14.6 Å². The molecule has 0 saturated carbocycles. The summed E-state index contributed by atoms with van der Waals surface area (Å²) in [6.07, 6.45) is -1.24. The van der Waals surface area contributed by atoms with Gasteiger partial charge in [-0.1, -0.05) is 18.2 Å². The summed E-state index contributed by atoms with van der Waals surface area (Å²) in [7, 11) is 0. The maximum absolute atomic E-state index is 12.9. The quantitative estimate of drug-likeness (QED) is 0.443. The van der Waals surface area contributed by atoms with Gasteiger partial charge in [-0.3, -0.25) is 4.79 Å². The summed E-state index contributed by atoms with van der Waals surface area (Å²) in [6, 6.07) is 13.0. The van der Waals surface area contributed by atoms with Crippen molar-refractivity contribution in [2.45, 2.75) is 6.18 Å². The Hall–Kier alpha value is -3.20. The zero-order valence-electron chi connectivity index (χ0n) is 14.6. The van der Waals surface area contributed by atoms with Crippen LogP contribution in [0.1, 0.15) is 15.9 Å². The van der Waals surface area contributed by atoms with Gasteiger partial charge in [-0.15, -0.1) is 0 Å². The molecule has 0 fully saturated rings. The van der Waals surface area contributed by atoms with Gasteiger partial charge in [0.25, 0.3) is 5.91 Å². The van der Waals surface area contributed by atoms with E-state index in [9.17, 15) is 18.0 Å². The van der Waals surface area contributed by atoms with Crippen LogP contribution in [0.4, 0.5) is 18.9 Å². The van der Waals surface area contributed by atoms with Crippen LogP contribution in [0.25, 0.3) is 16.9 Å². The molecule has 0 aliphatic heterocycles. The SMILES string of the molecule is O=C(Nc1cccc(-c2ccnc3c(Br)cnn23)c1)c1cccc(C(F)(F)F)c1. The molecule has 0 aliphatic rings. The molecule has 0 spiro atoms. The largest absolute Gasteiger partial charge is 0.416 e. The molecule has 0 saturated heterocycles. The Morgan fingerprint density at radius 3 is 2.66 bits per heavy atom. The van der Waals surface area contributed by atoms with Crippen LogP contribution in [0.5, 0.6) is 0 Å². The number of nitrogens with zero attached hydrogens (tertiary/aromatic N) is 3. The highest BCUT2D eigenvalue weighted by Gasteiger charge is 2.30. The van der Waals surface area contributed by atoms with Crippen molar-refractivity contribution >= 4 is 33.2 Å². The Bertz CT molecular complexity index is 1220. The zero-order chi connectivity index (χ0) is 20.6. The molecule has 0 bridgehead atoms. The highest BCUT2D eigenvalue weighted by molar-refractivity contribution is 9.10. The lowest BCUT2D eigenvalue weighted by Gasteiger charge is -2.11. The summed E-state index contributed by atoms with van der Waals surface area (Å²) in [6.45, 7) is 0. The highest BCUT2D eigenvalue weighted by Crippen LogP contribution is 2.30. The molecular formula is C20H12BrF3N4O. The molecule has 29 heavy (non-hydrogen) atoms. The Morgan fingerprint density at radius 2 is 1.86 bits per heavy atom. The monoisotopic (exact) mass is 460 g/mol. The number of fused-ring (bicyclic) bond motifs is 1. The number of amides is 1. The Kier molecular flexibility index (Phi) is 4.83. The molecule has 0 unspecified atom stereocenters. The highest BCUT2D eigenvalue weighted by atomic mass is 79.9. The number of halogens is 4. The van der Waals surface area contributed by atoms with Crippen molar-refractivity contribution < 1.29 is 18.0 Å². The van der Waals surface area contributed by atoms with Gasteiger partial charge in [0.2, 0.25) is 0 Å². The van der Waals surface area contributed by atoms with Gasteiger partial charge < -0.3 is 5.32 Å². The predicted molar refractivity (Wildman–Crippen MR) is 106 cm³/mol. The maximum atomic E-state index is 12.9. The van der Waals surface area contributed by atoms with Crippen molar-refractivity contribution in [1.29, 1.82) is 0 Å². The van der Waals surface area contributed by atoms with E-state index in [0.29, 0.717) is 11.3 Å². The number of rotatable bonds is 3. The first-order valence-corrected chi connectivity index (χ1v) is 9.19. The average molecular weight is 461 g/mol. The lowest BCUT2D eigenvalue weighted by molar-refractivity contribution is -0.137. The van der Waals surface area contributed by atoms with Crippen molar-refractivity contribution in [3.05, 3.63) is 82.6 Å². The van der Waals surface area contributed by atoms with Gasteiger partial charge in [-0.2, -0.15) is 18.3 Å². The number of nitrogens with one attached hydrogen (secondary N) is 1. The van der Waals surface area contributed by atoms with Gasteiger partial charge in [0.1, 0.15) is 0 Å². The lowest BCUT2D eigenvalue weighted by Crippen LogP contribution is -2.14. The predicted octanol–water partition coefficient (Wildman–Crippen LogP) is 5.43. The summed E-state index contributed by atoms with van der Waals surface area (Å²) >= 11 is 3.38. The van der Waals surface area contributed by atoms with Crippen LogP contribution in [0.3, 0.4) is 0 Å². The van der Waals surface area contributed by atoms with Crippen LogP contribution in [0.15, 0.2) is 71.5 Å². The number of hydrogen-bond acceptors (Lipinski definition) is 3. The molecular weight excluding hydrogens is 449 g/mol. The second-order valence-corrected chi connectivity index (χ2v) is 7.03. The molecule has 0 radical (unpaired) electrons. The molecule has 0 aliphatic carbocycles. The molecule has 146 valence electrons. The van der Waals surface area contributed by atoms with E-state index in [-0.39, 0.29) is 5.56 Å². The number of aromatic nitrogens is 3. The molecule has 1 amide bonds. The Morgan fingerprint density at radius 1 is 1.07 bits per heavy atom. The minimum absolute atomic E-state index is 0.0764. The summed E-state index contributed by atoms with van der Waals surface area (Å²) in [5.41, 5.74) is 1.64. The van der Waals surface area contributed by atoms with Gasteiger partial charge in [0.05, 0.1) is 21.9 Å². The van der Waals surface area contributed by atoms with Gasteiger partial charge in [-0.05, 0) is 52.3 Å². The van der Waals surface area contributed by atoms with E-state index in [1.54, 1.807) is 41.2 Å². The summed E-state index contributed by atoms with van der Waals surface area (Å²) in [5, 5.41) is 6.92. The van der Waals surface area contributed by atoms with E-state index >= 15 is 0 Å². The van der Waals surface area contributed by atoms with Gasteiger partial charge in [0, 0.05) is 23.0 Å². The van der Waals surface area contributed by atoms with Crippen molar-refractivity contribution in [2.24, 2.45) is 0 Å². The minimum Gasteiger partial charge on any atom is -0.322 e. The molecule has 2 aromatic carbocycles. The Balaban J connectivity index is 1.64. The van der Waals surface area contributed by atoms with E-state index in [0.717, 1.165) is 27.9 Å². The third kappa shape index (κ3) is 3.86. The molecule has 2 heterocycles. The second-order valence-electron chi connectivity index (χ2n) is 6.17. The Labute approximate surface area is 171 Å². The third-order valence-electron chi connectivity index (χ3n) is 4.23. The molecule has 4 aromatic rings. The number of alkyl halides is 3. The fourth-order valence-electron chi connectivity index (χ4n) is 2.88. The number of hydrogen-bond donors (Lipinski definition) is 1. The maximum Gasteiger partial charge on any atom is 0.416 e. The van der Waals surface area contributed by atoms with Crippen LogP contribution in [0.2, 0.25) is 0 Å². The number of benzene rings is 2. The lowest BCUT2D eigenvalue weighted by atomic mass is 10.1. The van der Waals surface area contributed by atoms with E-state index in [2.05, 4.69) is 31.3 Å². The van der Waals surface area contributed by atoms with Crippen LogP contribution < -0.4 is 5.32 Å². The minimum atomic E-state index is -4.51. The van der Waals surface area contributed by atoms with Crippen molar-refractivity contribution in [3.8, 4) is 11.3 Å². The number of carbonyl (C=O) groups is 1. The van der Waals surface area contributed by atoms with E-state index in [1.165, 1.54) is 12.1 Å². The fraction of sp³-hybridized carbons (Fsp3) is 0.0500. The first-order chi connectivity index (χ1) is 13.8. The van der Waals surface area contributed by atoms with Crippen LogP contribution in [0, 0.1) is 0 Å². The molecule has 1 N–H and O–H groups in total. The van der Waals surface area contributed by atoms with E-state index < -0.39 is 17.6 Å². The standard InChI is InChI=1S/C20H12BrF3N4O/c21-16-11-26-28-17(7-8-25-18(16)28)12-3-2-6-15(10-12)27-19(29)13-4-1-5-14(9-13)20(22,23)24/h1-11H,(H,27,29). The summed E-state index contributed by atoms with van der Waals surface area (Å²) in [5.74, 6) is -0.630. The van der Waals surface area contributed by atoms with E-state index in [1.807, 2.05) is 6.07 Å². The molecule has 2 aromatic heterocycles. The van der Waals surface area contributed by atoms with Crippen molar-refractivity contribution in [2.75, 3.05) is 5.32 Å². The number of anilines is 1. The zero-order valence-corrected chi connectivity index (χ0v) is 16.2. The van der Waals surface area contributed by atoms with E-state index in [4.69, 9.17) is 0 Å². The summed E-state index contributed by atoms with van der Waals surface area (Å²) < 4.78 is 41.0. The smallest absolute Gasteiger partial charge is 0.322 e. The van der Waals surface area contributed by atoms with Gasteiger partial charge >= 0.3 is 6.18 Å². The second kappa shape index (κ2) is 7.32. The normalized spacial score (nSPS) is 11.6.